The number of carbonyl (C=O) groups excluding carboxylic acids is 8. The third-order valence-electron chi connectivity index (χ3n) is 20.0. The summed E-state index contributed by atoms with van der Waals surface area (Å²) in [7, 11) is 0. The SMILES string of the molecule is C1CCOC1.CC(C)(C)NC(=O)SCCC1CCC(CCSC(=O)NC(C)(C)C)C(CCSC(=O)CCCCCCCNC(=O)SCCC2CC(CCSC(=O)NC(C)(C)C)CCC2CCSC(=O)NC(C)(C)C)C1.CCN(CC)CC.O=C=NCCCCCCN=C=O.SCCC1CCC(CCS)C(CCS)C1. The minimum Gasteiger partial charge on any atom is -0.381 e. The Hall–Kier alpha value is -1.15. The molecular weight excluding hydrogens is 1540 g/mol. The van der Waals surface area contributed by atoms with Gasteiger partial charge in [-0.15, -0.1) is 0 Å². The molecule has 5 amide bonds. The Morgan fingerprint density at radius 2 is 0.706 bits per heavy atom. The molecule has 9 unspecified atom stereocenters. The highest BCUT2D eigenvalue weighted by Crippen LogP contribution is 2.43. The lowest BCUT2D eigenvalue weighted by Gasteiger charge is -2.36. The van der Waals surface area contributed by atoms with E-state index < -0.39 is 0 Å². The maximum absolute atomic E-state index is 12.9. The Labute approximate surface area is 707 Å². The van der Waals surface area contributed by atoms with Crippen molar-refractivity contribution in [1.29, 1.82) is 0 Å². The van der Waals surface area contributed by atoms with Gasteiger partial charge in [-0.3, -0.25) is 28.8 Å². The van der Waals surface area contributed by atoms with Gasteiger partial charge in [0.2, 0.25) is 12.2 Å². The standard InChI is InChI=1S/C53H97N5O6S6.C12H24S3.C8H12N2O2.C6H15N.C4H8O/c1-50(2,3)55-46(61)67-30-23-38-19-21-40(25-33-69-48(63)57-52(7,8)9)42(36-38)27-32-65-44(59)18-16-14-13-15-17-29-54-45(60)66-35-28-43-37-39(24-31-68-47(62)56-51(4,5)6)20-22-41(43)26-34-70-49(64)58-53(10,11)12;13-6-3-10-1-2-11(4-7-14)12(9-10)5-8-15;11-7-9-5-3-1-2-4-6-10-8-12;1-4-7(5-2)6-3;1-2-4-5-3-1/h38-43H,13-37H2,1-12H3,(H,54,60)(H,55,61)(H,56,62)(H,57,63)(H,58,64);10-15H,1-9H2;1-6H2;4-6H2,1-3H3;1-4H2. The molecule has 1 heterocycles. The number of nitrogens with one attached hydrogen (secondary N) is 5. The summed E-state index contributed by atoms with van der Waals surface area (Å²) in [6, 6.07) is 0. The molecule has 5 N–H and O–H groups in total. The minimum atomic E-state index is -0.245. The average Bonchev–Trinajstić information content (AvgIpc) is 0.991. The summed E-state index contributed by atoms with van der Waals surface area (Å²) in [6.45, 7) is 37.9. The highest BCUT2D eigenvalue weighted by Gasteiger charge is 2.34. The van der Waals surface area contributed by atoms with Crippen LogP contribution in [0.25, 0.3) is 0 Å². The van der Waals surface area contributed by atoms with Gasteiger partial charge >= 0.3 is 0 Å². The molecule has 0 bridgehead atoms. The number of hydrogen-bond acceptors (Lipinski definition) is 21. The summed E-state index contributed by atoms with van der Waals surface area (Å²) in [6.07, 6.45) is 35.9. The van der Waals surface area contributed by atoms with E-state index in [4.69, 9.17) is 4.74 Å². The molecule has 1 saturated heterocycles. The fourth-order valence-electron chi connectivity index (χ4n) is 14.3. The van der Waals surface area contributed by atoms with E-state index in [1.54, 1.807) is 0 Å². The summed E-state index contributed by atoms with van der Waals surface area (Å²) in [5.74, 6) is 14.0. The number of amides is 5. The molecule has 4 rings (SSSR count). The zero-order valence-electron chi connectivity index (χ0n) is 70.7. The highest BCUT2D eigenvalue weighted by atomic mass is 32.2. The van der Waals surface area contributed by atoms with Crippen LogP contribution in [0.5, 0.6) is 0 Å². The van der Waals surface area contributed by atoms with Crippen LogP contribution in [0.15, 0.2) is 9.98 Å². The van der Waals surface area contributed by atoms with Crippen molar-refractivity contribution in [2.24, 2.45) is 63.2 Å². The predicted molar refractivity (Wildman–Crippen MR) is 488 cm³/mol. The molecule has 17 nitrogen and oxygen atoms in total. The van der Waals surface area contributed by atoms with Crippen LogP contribution in [0.1, 0.15) is 296 Å². The average molecular weight is 1700 g/mol. The van der Waals surface area contributed by atoms with E-state index >= 15 is 0 Å². The van der Waals surface area contributed by atoms with Crippen LogP contribution in [0.3, 0.4) is 0 Å². The van der Waals surface area contributed by atoms with Gasteiger partial charge in [0.1, 0.15) is 0 Å². The van der Waals surface area contributed by atoms with Crippen LogP contribution in [0.4, 0.5) is 24.0 Å². The van der Waals surface area contributed by atoms with E-state index in [9.17, 15) is 38.4 Å². The molecule has 26 heteroatoms. The first kappa shape index (κ1) is 108. The van der Waals surface area contributed by atoms with Crippen LogP contribution in [0, 0.1) is 53.3 Å². The number of rotatable bonds is 42. The Balaban J connectivity index is 0.00000238. The topological polar surface area (TPSA) is 234 Å². The molecule has 109 heavy (non-hydrogen) atoms. The molecule has 0 radical (unpaired) electrons. The Morgan fingerprint density at radius 1 is 0.394 bits per heavy atom. The summed E-state index contributed by atoms with van der Waals surface area (Å²) < 4.78 is 4.94. The first-order valence-corrected chi connectivity index (χ1v) is 49.6. The van der Waals surface area contributed by atoms with Crippen LogP contribution in [-0.2, 0) is 19.1 Å². The number of thioether (sulfide) groups is 6. The number of hydrogen-bond donors (Lipinski definition) is 8. The van der Waals surface area contributed by atoms with Crippen LogP contribution in [0.2, 0.25) is 0 Å². The summed E-state index contributed by atoms with van der Waals surface area (Å²) in [5.41, 5.74) is -0.953. The van der Waals surface area contributed by atoms with Gasteiger partial charge in [-0.2, -0.15) is 37.9 Å². The minimum absolute atomic E-state index is 0.0321. The van der Waals surface area contributed by atoms with E-state index in [2.05, 4.69) is 100 Å². The van der Waals surface area contributed by atoms with Gasteiger partial charge in [-0.25, -0.2) is 19.6 Å². The lowest BCUT2D eigenvalue weighted by atomic mass is 9.71. The fraction of sp³-hybridized carbons (Fsp3) is 0.904. The number of carbonyl (C=O) groups is 6. The smallest absolute Gasteiger partial charge is 0.279 e. The number of aliphatic imine (C=N–C) groups is 2. The molecule has 0 aromatic heterocycles. The molecule has 0 aromatic carbocycles. The molecule has 0 spiro atoms. The highest BCUT2D eigenvalue weighted by molar-refractivity contribution is 8.14. The predicted octanol–water partition coefficient (Wildman–Crippen LogP) is 22.7. The van der Waals surface area contributed by atoms with Crippen molar-refractivity contribution in [2.45, 2.75) is 319 Å². The number of isocyanates is 2. The van der Waals surface area contributed by atoms with Gasteiger partial charge in [0.05, 0.1) is 13.1 Å². The normalized spacial score (nSPS) is 20.6. The van der Waals surface area contributed by atoms with E-state index in [0.29, 0.717) is 61.6 Å². The van der Waals surface area contributed by atoms with Gasteiger partial charge in [0, 0.05) is 82.9 Å². The lowest BCUT2D eigenvalue weighted by molar-refractivity contribution is -0.111. The van der Waals surface area contributed by atoms with Crippen molar-refractivity contribution in [3.8, 4) is 0 Å². The van der Waals surface area contributed by atoms with Crippen LogP contribution < -0.4 is 26.6 Å². The number of nitrogens with zero attached hydrogens (tertiary/aromatic N) is 3. The molecule has 9 atom stereocenters. The first-order chi connectivity index (χ1) is 51.7. The summed E-state index contributed by atoms with van der Waals surface area (Å²) in [5, 5.41) is 15.8. The molecule has 1 aliphatic heterocycles. The van der Waals surface area contributed by atoms with Crippen LogP contribution in [-0.4, -0.2) is 175 Å². The van der Waals surface area contributed by atoms with Crippen molar-refractivity contribution in [1.82, 2.24) is 31.5 Å². The van der Waals surface area contributed by atoms with Gasteiger partial charge in [0.25, 0.3) is 26.2 Å². The maximum Gasteiger partial charge on any atom is 0.279 e. The van der Waals surface area contributed by atoms with Crippen LogP contribution >= 0.6 is 108 Å². The molecule has 0 aromatic rings. The van der Waals surface area contributed by atoms with Gasteiger partial charge in [-0.05, 0) is 308 Å². The van der Waals surface area contributed by atoms with E-state index in [1.807, 2.05) is 83.1 Å². The maximum atomic E-state index is 12.9. The monoisotopic (exact) mass is 1700 g/mol. The summed E-state index contributed by atoms with van der Waals surface area (Å²) >= 11 is 21.5. The first-order valence-electron chi connectivity index (χ1n) is 41.8. The van der Waals surface area contributed by atoms with Crippen molar-refractivity contribution in [3.63, 3.8) is 0 Å². The molecule has 3 aliphatic carbocycles. The van der Waals surface area contributed by atoms with Gasteiger partial charge in [-0.1, -0.05) is 143 Å². The number of unbranched alkanes of at least 4 members (excludes halogenated alkanes) is 7. The molecule has 4 fully saturated rings. The molecule has 3 saturated carbocycles. The van der Waals surface area contributed by atoms with Crippen molar-refractivity contribution >= 4 is 152 Å². The Kier molecular flexibility index (Phi) is 66.1. The Bertz CT molecular complexity index is 2320. The largest absolute Gasteiger partial charge is 0.381 e. The van der Waals surface area contributed by atoms with E-state index in [1.165, 1.54) is 154 Å². The van der Waals surface area contributed by atoms with Crippen molar-refractivity contribution < 1.29 is 43.1 Å². The number of thiol groups is 3. The third kappa shape index (κ3) is 65.6. The number of ether oxygens (including phenoxy) is 1. The second-order valence-corrected chi connectivity index (χ2v) is 41.8. The van der Waals surface area contributed by atoms with Gasteiger partial charge in [0.15, 0.2) is 5.12 Å². The second-order valence-electron chi connectivity index (χ2n) is 34.0. The summed E-state index contributed by atoms with van der Waals surface area (Å²) in [4.78, 5) is 104. The zero-order valence-corrected chi connectivity index (χ0v) is 78.3. The quantitative estimate of drug-likeness (QED) is 0.0123. The third-order valence-corrected chi connectivity index (χ3v) is 25.8. The molecule has 636 valence electrons. The molecule has 4 aliphatic rings. The molecular formula is C83H156N8O9S9. The van der Waals surface area contributed by atoms with E-state index in [0.717, 1.165) is 218 Å². The fourth-order valence-corrected chi connectivity index (χ4v) is 21.0. The van der Waals surface area contributed by atoms with Crippen molar-refractivity contribution in [2.75, 3.05) is 104 Å². The lowest BCUT2D eigenvalue weighted by Crippen LogP contribution is -2.38. The second kappa shape index (κ2) is 66.8. The van der Waals surface area contributed by atoms with E-state index in [-0.39, 0.29) is 53.5 Å². The van der Waals surface area contributed by atoms with Gasteiger partial charge < -0.3 is 36.2 Å². The van der Waals surface area contributed by atoms with Crippen molar-refractivity contribution in [3.05, 3.63) is 0 Å². The Morgan fingerprint density at radius 3 is 1.06 bits per heavy atom. The zero-order chi connectivity index (χ0) is 81.8.